The molecule has 0 bridgehead atoms. The van der Waals surface area contributed by atoms with E-state index >= 15 is 0 Å². The molecule has 0 unspecified atom stereocenters. The highest BCUT2D eigenvalue weighted by atomic mass is 35.5. The highest BCUT2D eigenvalue weighted by Crippen LogP contribution is 2.28. The molecule has 0 amide bonds. The molecule has 0 spiro atoms. The Kier molecular flexibility index (Phi) is 8.06. The number of nitrogens with zero attached hydrogens (tertiary/aromatic N) is 4. The zero-order valence-corrected chi connectivity index (χ0v) is 21.4. The third-order valence-electron chi connectivity index (χ3n) is 5.21. The molecule has 0 fully saturated rings. The number of benzene rings is 2. The van der Waals surface area contributed by atoms with E-state index in [4.69, 9.17) is 21.3 Å². The van der Waals surface area contributed by atoms with Crippen LogP contribution in [0.25, 0.3) is 10.6 Å². The number of rotatable bonds is 10. The van der Waals surface area contributed by atoms with Gasteiger partial charge in [0, 0.05) is 34.7 Å². The van der Waals surface area contributed by atoms with Crippen molar-refractivity contribution in [2.45, 2.75) is 51.1 Å². The monoisotopic (exact) mass is 498 g/mol. The van der Waals surface area contributed by atoms with E-state index in [1.165, 1.54) is 11.1 Å². The zero-order valence-electron chi connectivity index (χ0n) is 19.0. The van der Waals surface area contributed by atoms with Crippen LogP contribution in [0, 0.1) is 13.8 Å². The number of ether oxygens (including phenoxy) is 1. The third kappa shape index (κ3) is 6.16. The predicted octanol–water partition coefficient (Wildman–Crippen LogP) is 7.00. The van der Waals surface area contributed by atoms with Gasteiger partial charge in [-0.1, -0.05) is 47.1 Å². The molecule has 0 radical (unpaired) electrons. The second-order valence-electron chi connectivity index (χ2n) is 7.81. The van der Waals surface area contributed by atoms with Gasteiger partial charge in [0.1, 0.15) is 16.6 Å². The molecule has 0 aliphatic heterocycles. The molecule has 0 saturated carbocycles. The van der Waals surface area contributed by atoms with Gasteiger partial charge in [-0.05, 0) is 57.0 Å². The Morgan fingerprint density at radius 2 is 2.00 bits per heavy atom. The first kappa shape index (κ1) is 23.8. The van der Waals surface area contributed by atoms with Crippen LogP contribution in [0.2, 0.25) is 5.02 Å². The van der Waals surface area contributed by atoms with Crippen LogP contribution < -0.4 is 4.74 Å². The summed E-state index contributed by atoms with van der Waals surface area (Å²) < 4.78 is 8.10. The lowest BCUT2D eigenvalue weighted by Gasteiger charge is -2.10. The number of thioether (sulfide) groups is 1. The van der Waals surface area contributed by atoms with E-state index in [1.54, 1.807) is 23.1 Å². The van der Waals surface area contributed by atoms with Gasteiger partial charge in [-0.25, -0.2) is 4.98 Å². The van der Waals surface area contributed by atoms with Crippen LogP contribution in [0.4, 0.5) is 0 Å². The minimum absolute atomic E-state index is 0.627. The van der Waals surface area contributed by atoms with Crippen LogP contribution in [0.5, 0.6) is 5.75 Å². The van der Waals surface area contributed by atoms with Crippen molar-refractivity contribution in [3.05, 3.63) is 75.5 Å². The fourth-order valence-electron chi connectivity index (χ4n) is 3.54. The SMILES string of the molecule is CCn1c(CCCOc2ccc(Cl)cc2C)nnc1SCc1csc(-c2cccc(C)c2)n1. The molecule has 2 aromatic carbocycles. The van der Waals surface area contributed by atoms with Crippen LogP contribution in [0.1, 0.15) is 36.0 Å². The van der Waals surface area contributed by atoms with Gasteiger partial charge >= 0.3 is 0 Å². The minimum atomic E-state index is 0.627. The number of halogens is 1. The molecule has 0 atom stereocenters. The standard InChI is InChI=1S/C25H27ClN4OS2/c1-4-30-23(9-6-12-31-22-11-10-20(26)14-18(22)3)28-29-25(30)33-16-21-15-32-24(27-21)19-8-5-7-17(2)13-19/h5,7-8,10-11,13-15H,4,6,9,12,16H2,1-3H3. The summed E-state index contributed by atoms with van der Waals surface area (Å²) in [5, 5.41) is 13.7. The molecule has 172 valence electrons. The maximum absolute atomic E-state index is 6.01. The lowest BCUT2D eigenvalue weighted by atomic mass is 10.1. The zero-order chi connectivity index (χ0) is 23.2. The summed E-state index contributed by atoms with van der Waals surface area (Å²) >= 11 is 9.39. The number of thiazole rings is 1. The first-order valence-electron chi connectivity index (χ1n) is 11.0. The Bertz CT molecular complexity index is 1220. The van der Waals surface area contributed by atoms with E-state index in [0.717, 1.165) is 63.2 Å². The maximum atomic E-state index is 6.01. The number of hydrogen-bond acceptors (Lipinski definition) is 6. The second kappa shape index (κ2) is 11.2. The van der Waals surface area contributed by atoms with Crippen LogP contribution in [0.3, 0.4) is 0 Å². The smallest absolute Gasteiger partial charge is 0.191 e. The molecule has 2 heterocycles. The van der Waals surface area contributed by atoms with E-state index in [2.05, 4.69) is 58.3 Å². The Balaban J connectivity index is 1.31. The highest BCUT2D eigenvalue weighted by Gasteiger charge is 2.13. The largest absolute Gasteiger partial charge is 0.493 e. The van der Waals surface area contributed by atoms with Crippen molar-refractivity contribution in [3.8, 4) is 16.3 Å². The highest BCUT2D eigenvalue weighted by molar-refractivity contribution is 7.98. The van der Waals surface area contributed by atoms with Gasteiger partial charge in [0.25, 0.3) is 0 Å². The van der Waals surface area contributed by atoms with Crippen molar-refractivity contribution in [2.75, 3.05) is 6.61 Å². The maximum Gasteiger partial charge on any atom is 0.191 e. The van der Waals surface area contributed by atoms with Gasteiger partial charge in [-0.2, -0.15) is 0 Å². The number of hydrogen-bond donors (Lipinski definition) is 0. The van der Waals surface area contributed by atoms with E-state index in [1.807, 2.05) is 25.1 Å². The molecule has 0 N–H and O–H groups in total. The van der Waals surface area contributed by atoms with Crippen molar-refractivity contribution in [2.24, 2.45) is 0 Å². The van der Waals surface area contributed by atoms with Crippen molar-refractivity contribution < 1.29 is 4.74 Å². The van der Waals surface area contributed by atoms with Gasteiger partial charge in [-0.15, -0.1) is 21.5 Å². The van der Waals surface area contributed by atoms with Gasteiger partial charge in [0.05, 0.1) is 12.3 Å². The van der Waals surface area contributed by atoms with Crippen LogP contribution >= 0.6 is 34.7 Å². The average Bonchev–Trinajstić information content (AvgIpc) is 3.43. The quantitative estimate of drug-likeness (QED) is 0.174. The molecule has 0 saturated heterocycles. The van der Waals surface area contributed by atoms with E-state index < -0.39 is 0 Å². The van der Waals surface area contributed by atoms with Crippen molar-refractivity contribution in [1.29, 1.82) is 0 Å². The molecule has 4 aromatic rings. The van der Waals surface area contributed by atoms with Crippen LogP contribution in [0.15, 0.2) is 53.0 Å². The van der Waals surface area contributed by atoms with Crippen molar-refractivity contribution >= 4 is 34.7 Å². The molecule has 4 rings (SSSR count). The number of aromatic nitrogens is 4. The Morgan fingerprint density at radius 1 is 1.12 bits per heavy atom. The fraction of sp³-hybridized carbons (Fsp3) is 0.320. The molecule has 8 heteroatoms. The Hall–Kier alpha value is -2.35. The van der Waals surface area contributed by atoms with Crippen molar-refractivity contribution in [3.63, 3.8) is 0 Å². The summed E-state index contributed by atoms with van der Waals surface area (Å²) in [6, 6.07) is 14.2. The fourth-order valence-corrected chi connectivity index (χ4v) is 5.60. The van der Waals surface area contributed by atoms with E-state index in [-0.39, 0.29) is 0 Å². The molecule has 33 heavy (non-hydrogen) atoms. The van der Waals surface area contributed by atoms with Gasteiger partial charge in [0.15, 0.2) is 5.16 Å². The van der Waals surface area contributed by atoms with Crippen molar-refractivity contribution in [1.82, 2.24) is 19.7 Å². The van der Waals surface area contributed by atoms with Crippen LogP contribution in [-0.4, -0.2) is 26.4 Å². The molecule has 0 aliphatic rings. The Labute approximate surface area is 208 Å². The topological polar surface area (TPSA) is 52.8 Å². The first-order chi connectivity index (χ1) is 16.0. The summed E-state index contributed by atoms with van der Waals surface area (Å²) in [6.45, 7) is 7.71. The summed E-state index contributed by atoms with van der Waals surface area (Å²) in [6.07, 6.45) is 1.69. The Morgan fingerprint density at radius 3 is 2.79 bits per heavy atom. The van der Waals surface area contributed by atoms with Gasteiger partial charge in [0.2, 0.25) is 0 Å². The average molecular weight is 499 g/mol. The van der Waals surface area contributed by atoms with E-state index in [0.29, 0.717) is 6.61 Å². The molecule has 0 aliphatic carbocycles. The molecule has 5 nitrogen and oxygen atoms in total. The summed E-state index contributed by atoms with van der Waals surface area (Å²) in [5.74, 6) is 2.65. The molecular weight excluding hydrogens is 472 g/mol. The normalized spacial score (nSPS) is 11.2. The molecule has 2 aromatic heterocycles. The summed E-state index contributed by atoms with van der Waals surface area (Å²) in [4.78, 5) is 4.82. The lowest BCUT2D eigenvalue weighted by molar-refractivity contribution is 0.307. The van der Waals surface area contributed by atoms with E-state index in [9.17, 15) is 0 Å². The summed E-state index contributed by atoms with van der Waals surface area (Å²) in [5.41, 5.74) is 4.54. The second-order valence-corrected chi connectivity index (χ2v) is 10.0. The first-order valence-corrected chi connectivity index (χ1v) is 13.2. The summed E-state index contributed by atoms with van der Waals surface area (Å²) in [7, 11) is 0. The van der Waals surface area contributed by atoms with Crippen LogP contribution in [-0.2, 0) is 18.7 Å². The predicted molar refractivity (Wildman–Crippen MR) is 138 cm³/mol. The minimum Gasteiger partial charge on any atom is -0.493 e. The number of aryl methyl sites for hydroxylation is 3. The molecular formula is C25H27ClN4OS2. The third-order valence-corrected chi connectivity index (χ3v) is 7.39. The van der Waals surface area contributed by atoms with Gasteiger partial charge in [-0.3, -0.25) is 0 Å². The lowest BCUT2D eigenvalue weighted by Crippen LogP contribution is -2.06. The van der Waals surface area contributed by atoms with Gasteiger partial charge < -0.3 is 9.30 Å².